The van der Waals surface area contributed by atoms with Crippen LogP contribution in [0, 0.1) is 17.7 Å². The van der Waals surface area contributed by atoms with Crippen LogP contribution < -0.4 is 5.32 Å². The van der Waals surface area contributed by atoms with Crippen LogP contribution in [0.25, 0.3) is 0 Å². The second kappa shape index (κ2) is 9.70. The van der Waals surface area contributed by atoms with Gasteiger partial charge in [0.1, 0.15) is 11.9 Å². The van der Waals surface area contributed by atoms with Crippen LogP contribution in [0.3, 0.4) is 0 Å². The number of alkyl halides is 3. The quantitative estimate of drug-likeness (QED) is 0.555. The molecule has 7 nitrogen and oxygen atoms in total. The fourth-order valence-electron chi connectivity index (χ4n) is 4.78. The number of likely N-dealkylation sites (tertiary alicyclic amines) is 1. The van der Waals surface area contributed by atoms with Gasteiger partial charge < -0.3 is 10.2 Å². The molecule has 4 rings (SSSR count). The molecule has 2 amide bonds. The highest BCUT2D eigenvalue weighted by Gasteiger charge is 2.45. The van der Waals surface area contributed by atoms with E-state index in [4.69, 9.17) is 0 Å². The van der Waals surface area contributed by atoms with Crippen LogP contribution in [0.2, 0.25) is 0 Å². The zero-order chi connectivity index (χ0) is 27.3. The maximum Gasteiger partial charge on any atom is 0.419 e. The van der Waals surface area contributed by atoms with E-state index in [2.05, 4.69) is 10.3 Å². The Morgan fingerprint density at radius 2 is 1.81 bits per heavy atom. The molecule has 37 heavy (non-hydrogen) atoms. The van der Waals surface area contributed by atoms with Crippen LogP contribution in [0.4, 0.5) is 17.6 Å². The number of nitrogens with zero attached hydrogens (tertiary/aromatic N) is 2. The first-order valence-electron chi connectivity index (χ1n) is 11.8. The third kappa shape index (κ3) is 5.63. The van der Waals surface area contributed by atoms with Crippen molar-refractivity contribution in [1.82, 2.24) is 15.2 Å². The van der Waals surface area contributed by atoms with Crippen molar-refractivity contribution in [1.29, 1.82) is 0 Å². The molecule has 1 aliphatic heterocycles. The number of hydrogen-bond acceptors (Lipinski definition) is 5. The first-order valence-corrected chi connectivity index (χ1v) is 13.7. The van der Waals surface area contributed by atoms with Crippen LogP contribution in [0.15, 0.2) is 41.6 Å². The molecule has 0 bridgehead atoms. The Bertz CT molecular complexity index is 1330. The molecular formula is C25H27F4N3O4S. The van der Waals surface area contributed by atoms with Crippen LogP contribution in [0.5, 0.6) is 0 Å². The molecule has 12 heteroatoms. The van der Waals surface area contributed by atoms with E-state index in [0.717, 1.165) is 31.4 Å². The standard InChI is InChI=1S/C25H27F4N3O4S/c1-13-8-21(32(14(13)2)24(34)17-9-18(12-30-11-17)37(3,35)36)23(33)31-22(15-4-5-15)16-6-7-19(20(26)10-16)25(27,28)29/h6-7,9-15,21-22H,4-5,8H2,1-3H3,(H,31,33)/t13-,14-,21-,22?/m1/s1. The molecule has 2 fully saturated rings. The summed E-state index contributed by atoms with van der Waals surface area (Å²) in [5.74, 6) is -2.60. The highest BCUT2D eigenvalue weighted by molar-refractivity contribution is 7.90. The Kier molecular flexibility index (Phi) is 7.08. The van der Waals surface area contributed by atoms with Crippen LogP contribution >= 0.6 is 0 Å². The lowest BCUT2D eigenvalue weighted by Crippen LogP contribution is -2.49. The number of nitrogens with one attached hydrogen (secondary N) is 1. The minimum absolute atomic E-state index is 0.0187. The summed E-state index contributed by atoms with van der Waals surface area (Å²) in [6.07, 6.45) is 0.305. The van der Waals surface area contributed by atoms with Gasteiger partial charge in [-0.1, -0.05) is 13.0 Å². The van der Waals surface area contributed by atoms with Gasteiger partial charge in [0.25, 0.3) is 5.91 Å². The number of sulfone groups is 1. The first kappa shape index (κ1) is 27.0. The first-order chi connectivity index (χ1) is 17.2. The van der Waals surface area contributed by atoms with Gasteiger partial charge >= 0.3 is 6.18 Å². The highest BCUT2D eigenvalue weighted by atomic mass is 32.2. The Morgan fingerprint density at radius 3 is 2.38 bits per heavy atom. The van der Waals surface area contributed by atoms with Crippen molar-refractivity contribution >= 4 is 21.7 Å². The SMILES string of the molecule is C[C@@H]1C[C@H](C(=O)NC(c2ccc(C(F)(F)F)c(F)c2)C2CC2)N(C(=O)c2cncc(S(C)(=O)=O)c2)[C@@H]1C. The van der Waals surface area contributed by atoms with Crippen LogP contribution in [-0.4, -0.2) is 48.5 Å². The monoisotopic (exact) mass is 541 g/mol. The summed E-state index contributed by atoms with van der Waals surface area (Å²) in [6, 6.07) is 1.89. The molecule has 1 unspecified atom stereocenters. The summed E-state index contributed by atoms with van der Waals surface area (Å²) in [7, 11) is -3.62. The molecule has 2 aromatic rings. The van der Waals surface area contributed by atoms with E-state index in [9.17, 15) is 35.6 Å². The van der Waals surface area contributed by atoms with Gasteiger partial charge in [0.15, 0.2) is 9.84 Å². The number of carbonyl (C=O) groups excluding carboxylic acids is 2. The van der Waals surface area contributed by atoms with Gasteiger partial charge in [-0.05, 0) is 61.8 Å². The molecule has 200 valence electrons. The van der Waals surface area contributed by atoms with E-state index < -0.39 is 51.3 Å². The number of amides is 2. The zero-order valence-electron chi connectivity index (χ0n) is 20.4. The van der Waals surface area contributed by atoms with Gasteiger partial charge in [0.05, 0.1) is 22.1 Å². The van der Waals surface area contributed by atoms with E-state index in [1.165, 1.54) is 23.2 Å². The Hall–Kier alpha value is -3.02. The van der Waals surface area contributed by atoms with Gasteiger partial charge in [-0.25, -0.2) is 12.8 Å². The van der Waals surface area contributed by atoms with E-state index in [-0.39, 0.29) is 33.9 Å². The highest BCUT2D eigenvalue weighted by Crippen LogP contribution is 2.43. The Labute approximate surface area is 212 Å². The molecule has 1 saturated heterocycles. The average Bonchev–Trinajstić information content (AvgIpc) is 3.60. The van der Waals surface area contributed by atoms with E-state index in [0.29, 0.717) is 12.5 Å². The van der Waals surface area contributed by atoms with E-state index >= 15 is 0 Å². The number of aromatic nitrogens is 1. The summed E-state index contributed by atoms with van der Waals surface area (Å²) in [6.45, 7) is 3.67. The smallest absolute Gasteiger partial charge is 0.347 e. The summed E-state index contributed by atoms with van der Waals surface area (Å²) in [4.78, 5) is 32.0. The van der Waals surface area contributed by atoms with E-state index in [1.807, 2.05) is 6.92 Å². The van der Waals surface area contributed by atoms with Gasteiger partial charge in [-0.2, -0.15) is 13.2 Å². The summed E-state index contributed by atoms with van der Waals surface area (Å²) in [5, 5.41) is 2.84. The fraction of sp³-hybridized carbons (Fsp3) is 0.480. The molecule has 4 atom stereocenters. The van der Waals surface area contributed by atoms with E-state index in [1.54, 1.807) is 6.92 Å². The average molecular weight is 542 g/mol. The molecule has 2 heterocycles. The number of halogens is 4. The van der Waals surface area contributed by atoms with Gasteiger partial charge in [0, 0.05) is 24.7 Å². The van der Waals surface area contributed by atoms with Gasteiger partial charge in [-0.15, -0.1) is 0 Å². The largest absolute Gasteiger partial charge is 0.419 e. The zero-order valence-corrected chi connectivity index (χ0v) is 21.2. The molecule has 1 aromatic carbocycles. The third-order valence-corrected chi connectivity index (χ3v) is 8.25. The molecule has 1 aromatic heterocycles. The Balaban J connectivity index is 1.60. The van der Waals surface area contributed by atoms with Crippen molar-refractivity contribution in [3.63, 3.8) is 0 Å². The second-order valence-corrected chi connectivity index (χ2v) is 11.9. The predicted octanol–water partition coefficient (Wildman–Crippen LogP) is 4.15. The van der Waals surface area contributed by atoms with Crippen molar-refractivity contribution in [3.05, 3.63) is 59.2 Å². The summed E-state index contributed by atoms with van der Waals surface area (Å²) >= 11 is 0. The molecule has 1 aliphatic carbocycles. The number of pyridine rings is 1. The van der Waals surface area contributed by atoms with Crippen molar-refractivity contribution < 1.29 is 35.6 Å². The van der Waals surface area contributed by atoms with Crippen LogP contribution in [-0.2, 0) is 20.8 Å². The minimum Gasteiger partial charge on any atom is -0.347 e. The fourth-order valence-corrected chi connectivity index (χ4v) is 5.37. The molecule has 0 spiro atoms. The van der Waals surface area contributed by atoms with Crippen molar-refractivity contribution in [3.8, 4) is 0 Å². The topological polar surface area (TPSA) is 96.4 Å². The number of hydrogen-bond donors (Lipinski definition) is 1. The van der Waals surface area contributed by atoms with Gasteiger partial charge in [0.2, 0.25) is 5.91 Å². The molecular weight excluding hydrogens is 514 g/mol. The summed E-state index contributed by atoms with van der Waals surface area (Å²) in [5.41, 5.74) is -1.13. The predicted molar refractivity (Wildman–Crippen MR) is 126 cm³/mol. The maximum atomic E-state index is 14.3. The maximum absolute atomic E-state index is 14.3. The lowest BCUT2D eigenvalue weighted by Gasteiger charge is -2.30. The van der Waals surface area contributed by atoms with Crippen LogP contribution in [0.1, 0.15) is 60.6 Å². The van der Waals surface area contributed by atoms with Gasteiger partial charge in [-0.3, -0.25) is 14.6 Å². The molecule has 1 N–H and O–H groups in total. The number of rotatable bonds is 6. The second-order valence-electron chi connectivity index (χ2n) is 9.92. The normalized spacial score (nSPS) is 23.1. The lowest BCUT2D eigenvalue weighted by atomic mass is 9.99. The lowest BCUT2D eigenvalue weighted by molar-refractivity contribution is -0.140. The van der Waals surface area contributed by atoms with Crippen molar-refractivity contribution in [2.24, 2.45) is 11.8 Å². The molecule has 2 aliphatic rings. The van der Waals surface area contributed by atoms with Crippen molar-refractivity contribution in [2.45, 2.75) is 62.3 Å². The molecule has 1 saturated carbocycles. The third-order valence-electron chi connectivity index (χ3n) is 7.17. The number of benzene rings is 1. The summed E-state index contributed by atoms with van der Waals surface area (Å²) < 4.78 is 77.1. The molecule has 0 radical (unpaired) electrons. The number of carbonyl (C=O) groups is 2. The minimum atomic E-state index is -4.83. The van der Waals surface area contributed by atoms with Crippen molar-refractivity contribution in [2.75, 3.05) is 6.26 Å². The Morgan fingerprint density at radius 1 is 1.14 bits per heavy atom.